The Morgan fingerprint density at radius 1 is 1.09 bits per heavy atom. The Balaban J connectivity index is 1.97. The number of amides is 1. The lowest BCUT2D eigenvalue weighted by molar-refractivity contribution is 0.0518. The highest BCUT2D eigenvalue weighted by Gasteiger charge is 2.20. The number of ether oxygens (including phenoxy) is 2. The molecule has 0 spiro atoms. The van der Waals surface area contributed by atoms with Crippen molar-refractivity contribution in [2.75, 3.05) is 20.3 Å². The van der Waals surface area contributed by atoms with Gasteiger partial charge in [0.25, 0.3) is 5.91 Å². The third kappa shape index (κ3) is 5.93. The molecule has 0 saturated heterocycles. The zero-order chi connectivity index (χ0) is 24.0. The number of methoxy groups -OCH3 is 1. The molecule has 9 heteroatoms. The van der Waals surface area contributed by atoms with E-state index in [1.807, 2.05) is 6.92 Å². The lowest BCUT2D eigenvalue weighted by atomic mass is 10.1. The highest BCUT2D eigenvalue weighted by Crippen LogP contribution is 2.32. The molecule has 3 rings (SSSR count). The van der Waals surface area contributed by atoms with Gasteiger partial charge < -0.3 is 14.8 Å². The van der Waals surface area contributed by atoms with Gasteiger partial charge in [0.05, 0.1) is 35.7 Å². The van der Waals surface area contributed by atoms with Crippen LogP contribution in [0.4, 0.5) is 0 Å². The van der Waals surface area contributed by atoms with Gasteiger partial charge in [-0.3, -0.25) is 4.79 Å². The van der Waals surface area contributed by atoms with E-state index in [0.717, 1.165) is 6.42 Å². The fourth-order valence-electron chi connectivity index (χ4n) is 3.26. The second-order valence-electron chi connectivity index (χ2n) is 7.25. The molecule has 0 bridgehead atoms. The summed E-state index contributed by atoms with van der Waals surface area (Å²) in [4.78, 5) is 24.9. The fourth-order valence-corrected chi connectivity index (χ4v) is 3.76. The van der Waals surface area contributed by atoms with Crippen molar-refractivity contribution in [1.82, 2.24) is 15.1 Å². The normalized spacial score (nSPS) is 11.8. The molecule has 0 saturated carbocycles. The predicted molar refractivity (Wildman–Crippen MR) is 128 cm³/mol. The molecule has 1 aromatic heterocycles. The number of carbonyl (C=O) groups is 2. The van der Waals surface area contributed by atoms with Crippen LogP contribution in [0.25, 0.3) is 16.9 Å². The molecule has 3 aromatic rings. The highest BCUT2D eigenvalue weighted by molar-refractivity contribution is 6.36. The number of halogens is 2. The number of benzene rings is 2. The van der Waals surface area contributed by atoms with Crippen molar-refractivity contribution in [2.24, 2.45) is 0 Å². The van der Waals surface area contributed by atoms with Gasteiger partial charge in [0.2, 0.25) is 0 Å². The van der Waals surface area contributed by atoms with E-state index in [1.165, 1.54) is 0 Å². The monoisotopic (exact) mass is 489 g/mol. The quantitative estimate of drug-likeness (QED) is 0.418. The first-order valence-electron chi connectivity index (χ1n) is 10.5. The summed E-state index contributed by atoms with van der Waals surface area (Å²) in [7, 11) is 1.60. The zero-order valence-electron chi connectivity index (χ0n) is 18.6. The summed E-state index contributed by atoms with van der Waals surface area (Å²) in [5, 5.41) is 8.29. The first-order valence-corrected chi connectivity index (χ1v) is 11.3. The molecular weight excluding hydrogens is 465 g/mol. The number of nitrogens with zero attached hydrogens (tertiary/aromatic N) is 2. The Hall–Kier alpha value is -2.87. The van der Waals surface area contributed by atoms with E-state index in [0.29, 0.717) is 39.2 Å². The van der Waals surface area contributed by atoms with Crippen LogP contribution in [0.2, 0.25) is 10.0 Å². The molecule has 0 fully saturated rings. The maximum atomic E-state index is 12.6. The second kappa shape index (κ2) is 11.3. The summed E-state index contributed by atoms with van der Waals surface area (Å²) in [6.07, 6.45) is 0.757. The van der Waals surface area contributed by atoms with Crippen molar-refractivity contribution in [3.8, 4) is 16.9 Å². The minimum atomic E-state index is -0.540. The summed E-state index contributed by atoms with van der Waals surface area (Å²) in [5.74, 6) is -0.735. The van der Waals surface area contributed by atoms with Crippen molar-refractivity contribution in [1.29, 1.82) is 0 Å². The molecule has 7 nitrogen and oxygen atoms in total. The SMILES string of the molecule is CCOC(=O)c1cc(-c2ccc(Cl)cc2Cl)n(-c2ccc(C(=O)NC(CC)COC)cc2)n1. The first kappa shape index (κ1) is 24.8. The number of esters is 1. The van der Waals surface area contributed by atoms with Gasteiger partial charge in [0.15, 0.2) is 5.69 Å². The maximum Gasteiger partial charge on any atom is 0.358 e. The summed E-state index contributed by atoms with van der Waals surface area (Å²) in [6.45, 7) is 4.38. The largest absolute Gasteiger partial charge is 0.461 e. The van der Waals surface area contributed by atoms with Gasteiger partial charge in [-0.15, -0.1) is 0 Å². The fraction of sp³-hybridized carbons (Fsp3) is 0.292. The molecule has 0 aliphatic carbocycles. The Morgan fingerprint density at radius 3 is 2.42 bits per heavy atom. The molecule has 2 aromatic carbocycles. The molecule has 1 unspecified atom stereocenters. The van der Waals surface area contributed by atoms with E-state index in [2.05, 4.69) is 10.4 Å². The van der Waals surface area contributed by atoms with Crippen LogP contribution in [0.3, 0.4) is 0 Å². The van der Waals surface area contributed by atoms with Gasteiger partial charge in [-0.2, -0.15) is 5.10 Å². The standard InChI is InChI=1S/C24H25Cl2N3O4/c1-4-17(14-32-3)27-23(30)15-6-9-18(10-7-15)29-22(13-21(28-29)24(31)33-5-2)19-11-8-16(25)12-20(19)26/h6-13,17H,4-5,14H2,1-3H3,(H,27,30). The number of hydrogen-bond donors (Lipinski definition) is 1. The summed E-state index contributed by atoms with van der Waals surface area (Å²) in [6, 6.07) is 13.5. The number of aromatic nitrogens is 2. The van der Waals surface area contributed by atoms with Crippen molar-refractivity contribution >= 4 is 35.1 Å². The lowest BCUT2D eigenvalue weighted by Gasteiger charge is -2.16. The molecule has 174 valence electrons. The van der Waals surface area contributed by atoms with Crippen molar-refractivity contribution in [2.45, 2.75) is 26.3 Å². The van der Waals surface area contributed by atoms with E-state index < -0.39 is 5.97 Å². The van der Waals surface area contributed by atoms with Gasteiger partial charge in [-0.25, -0.2) is 9.48 Å². The number of hydrogen-bond acceptors (Lipinski definition) is 5. The van der Waals surface area contributed by atoms with Crippen molar-refractivity contribution in [3.05, 3.63) is 69.8 Å². The molecular formula is C24H25Cl2N3O4. The molecule has 1 N–H and O–H groups in total. The maximum absolute atomic E-state index is 12.6. The minimum Gasteiger partial charge on any atom is -0.461 e. The smallest absolute Gasteiger partial charge is 0.358 e. The highest BCUT2D eigenvalue weighted by atomic mass is 35.5. The van der Waals surface area contributed by atoms with Crippen LogP contribution in [-0.2, 0) is 9.47 Å². The summed E-state index contributed by atoms with van der Waals surface area (Å²) in [5.41, 5.74) is 2.52. The Kier molecular flexibility index (Phi) is 8.49. The topological polar surface area (TPSA) is 82.5 Å². The minimum absolute atomic E-state index is 0.0703. The number of carbonyl (C=O) groups excluding carboxylic acids is 2. The van der Waals surface area contributed by atoms with Crippen molar-refractivity contribution < 1.29 is 19.1 Å². The molecule has 33 heavy (non-hydrogen) atoms. The van der Waals surface area contributed by atoms with E-state index in [-0.39, 0.29) is 24.2 Å². The molecule has 1 heterocycles. The van der Waals surface area contributed by atoms with Crippen LogP contribution in [0, 0.1) is 0 Å². The predicted octanol–water partition coefficient (Wildman–Crippen LogP) is 5.18. The molecule has 0 radical (unpaired) electrons. The number of nitrogens with one attached hydrogen (secondary N) is 1. The van der Waals surface area contributed by atoms with Crippen LogP contribution >= 0.6 is 23.2 Å². The molecule has 0 aliphatic heterocycles. The summed E-state index contributed by atoms with van der Waals surface area (Å²) >= 11 is 12.5. The summed E-state index contributed by atoms with van der Waals surface area (Å²) < 4.78 is 11.8. The van der Waals surface area contributed by atoms with Crippen molar-refractivity contribution in [3.63, 3.8) is 0 Å². The Morgan fingerprint density at radius 2 is 1.82 bits per heavy atom. The zero-order valence-corrected chi connectivity index (χ0v) is 20.1. The second-order valence-corrected chi connectivity index (χ2v) is 8.10. The average molecular weight is 490 g/mol. The molecule has 1 amide bonds. The lowest BCUT2D eigenvalue weighted by Crippen LogP contribution is -2.37. The van der Waals surface area contributed by atoms with Crippen LogP contribution < -0.4 is 5.32 Å². The van der Waals surface area contributed by atoms with Gasteiger partial charge >= 0.3 is 5.97 Å². The third-order valence-corrected chi connectivity index (χ3v) is 5.52. The van der Waals surface area contributed by atoms with E-state index >= 15 is 0 Å². The van der Waals surface area contributed by atoms with Crippen LogP contribution in [0.15, 0.2) is 48.5 Å². The van der Waals surface area contributed by atoms with Gasteiger partial charge in [-0.1, -0.05) is 30.1 Å². The van der Waals surface area contributed by atoms with Gasteiger partial charge in [-0.05, 0) is 61.9 Å². The van der Waals surface area contributed by atoms with Gasteiger partial charge in [0, 0.05) is 23.3 Å². The average Bonchev–Trinajstić information content (AvgIpc) is 3.24. The number of rotatable bonds is 9. The van der Waals surface area contributed by atoms with E-state index in [4.69, 9.17) is 32.7 Å². The van der Waals surface area contributed by atoms with Crippen LogP contribution in [-0.4, -0.2) is 48.0 Å². The third-order valence-electron chi connectivity index (χ3n) is 4.97. The van der Waals surface area contributed by atoms with Crippen LogP contribution in [0.1, 0.15) is 41.1 Å². The Labute approximate surface area is 202 Å². The van der Waals surface area contributed by atoms with E-state index in [9.17, 15) is 9.59 Å². The van der Waals surface area contributed by atoms with Crippen LogP contribution in [0.5, 0.6) is 0 Å². The molecule has 0 aliphatic rings. The molecule has 1 atom stereocenters. The van der Waals surface area contributed by atoms with E-state index in [1.54, 1.807) is 67.2 Å². The first-order chi connectivity index (χ1) is 15.9. The van der Waals surface area contributed by atoms with Gasteiger partial charge in [0.1, 0.15) is 0 Å². The Bertz CT molecular complexity index is 1130.